The summed E-state index contributed by atoms with van der Waals surface area (Å²) in [6.07, 6.45) is 0. The summed E-state index contributed by atoms with van der Waals surface area (Å²) < 4.78 is 5.41. The molecule has 0 unspecified atom stereocenters. The zero-order valence-electron chi connectivity index (χ0n) is 7.01. The number of rotatable bonds is 1. The van der Waals surface area contributed by atoms with Gasteiger partial charge in [-0.15, -0.1) is 0 Å². The van der Waals surface area contributed by atoms with E-state index in [2.05, 4.69) is 17.6 Å². The van der Waals surface area contributed by atoms with E-state index in [0.29, 0.717) is 11.7 Å². The molecule has 60 valence electrons. The zero-order chi connectivity index (χ0) is 8.20. The van der Waals surface area contributed by atoms with Crippen molar-refractivity contribution in [3.8, 4) is 0 Å². The van der Waals surface area contributed by atoms with Crippen LogP contribution in [0.2, 0.25) is 0 Å². The molecule has 0 N–H and O–H groups in total. The van der Waals surface area contributed by atoms with Crippen LogP contribution in [-0.2, 0) is 4.74 Å². The van der Waals surface area contributed by atoms with Crippen LogP contribution in [0.5, 0.6) is 0 Å². The fourth-order valence-electron chi connectivity index (χ4n) is 0.502. The zero-order valence-corrected chi connectivity index (χ0v) is 7.90. The van der Waals surface area contributed by atoms with E-state index in [1.54, 1.807) is 7.05 Å². The number of ether oxygens (including phenoxy) is 1. The van der Waals surface area contributed by atoms with Crippen LogP contribution in [0.25, 0.3) is 0 Å². The van der Waals surface area contributed by atoms with E-state index in [1.807, 2.05) is 20.8 Å². The highest BCUT2D eigenvalue weighted by Gasteiger charge is 2.12. The van der Waals surface area contributed by atoms with E-state index in [9.17, 15) is 0 Å². The van der Waals surface area contributed by atoms with Gasteiger partial charge in [0, 0.05) is 7.05 Å². The fraction of sp³-hybridized carbons (Fsp3) is 0.857. The molecule has 0 saturated carbocycles. The molecule has 10 heavy (non-hydrogen) atoms. The molecular weight excluding hydrogens is 146 g/mol. The molecule has 0 spiro atoms. The first-order valence-corrected chi connectivity index (χ1v) is 3.88. The predicted molar refractivity (Wildman–Crippen MR) is 48.1 cm³/mol. The van der Waals surface area contributed by atoms with Crippen LogP contribution in [0.4, 0.5) is 0 Å². The smallest absolute Gasteiger partial charge is 0.193 e. The molecule has 0 radical (unpaired) electrons. The van der Waals surface area contributed by atoms with Gasteiger partial charge in [-0.05, 0) is 20.8 Å². The maximum absolute atomic E-state index is 5.41. The highest BCUT2D eigenvalue weighted by atomic mass is 32.1. The predicted octanol–water partition coefficient (Wildman–Crippen LogP) is 1.76. The Bertz CT molecular complexity index is 126. The van der Waals surface area contributed by atoms with Crippen LogP contribution in [0.15, 0.2) is 4.99 Å². The van der Waals surface area contributed by atoms with Crippen molar-refractivity contribution in [2.24, 2.45) is 4.99 Å². The van der Waals surface area contributed by atoms with Crippen molar-refractivity contribution in [1.82, 2.24) is 0 Å². The molecule has 0 aliphatic rings. The van der Waals surface area contributed by atoms with Gasteiger partial charge >= 0.3 is 0 Å². The Hall–Kier alpha value is -0.180. The number of nitrogens with zero attached hydrogens (tertiary/aromatic N) is 1. The lowest BCUT2D eigenvalue weighted by atomic mass is 10.2. The fourth-order valence-corrected chi connectivity index (χ4v) is 0.708. The van der Waals surface area contributed by atoms with Crippen LogP contribution in [0.3, 0.4) is 0 Å². The second-order valence-electron chi connectivity index (χ2n) is 2.99. The average molecular weight is 161 g/mol. The largest absolute Gasteiger partial charge is 0.475 e. The Labute approximate surface area is 68.1 Å². The van der Waals surface area contributed by atoms with Crippen molar-refractivity contribution in [1.29, 1.82) is 0 Å². The minimum absolute atomic E-state index is 0.155. The van der Waals surface area contributed by atoms with Gasteiger partial charge in [-0.3, -0.25) is 4.99 Å². The third-order valence-electron chi connectivity index (χ3n) is 0.809. The molecule has 0 saturated heterocycles. The summed E-state index contributed by atoms with van der Waals surface area (Å²) in [6, 6.07) is 0. The SMILES string of the molecule is C/N=C(\CS)OC(C)(C)C. The molecule has 0 aromatic rings. The minimum Gasteiger partial charge on any atom is -0.475 e. The molecular formula is C7H15NOS. The van der Waals surface area contributed by atoms with Crippen molar-refractivity contribution in [3.05, 3.63) is 0 Å². The van der Waals surface area contributed by atoms with Crippen molar-refractivity contribution in [2.75, 3.05) is 12.8 Å². The van der Waals surface area contributed by atoms with Gasteiger partial charge in [0.2, 0.25) is 0 Å². The van der Waals surface area contributed by atoms with Crippen molar-refractivity contribution < 1.29 is 4.74 Å². The maximum Gasteiger partial charge on any atom is 0.193 e. The van der Waals surface area contributed by atoms with Crippen LogP contribution >= 0.6 is 12.6 Å². The van der Waals surface area contributed by atoms with E-state index in [4.69, 9.17) is 4.74 Å². The first-order valence-electron chi connectivity index (χ1n) is 3.25. The van der Waals surface area contributed by atoms with Gasteiger partial charge in [0.1, 0.15) is 5.60 Å². The molecule has 3 heteroatoms. The molecule has 0 aromatic heterocycles. The summed E-state index contributed by atoms with van der Waals surface area (Å²) >= 11 is 4.05. The van der Waals surface area contributed by atoms with Gasteiger partial charge in [0.25, 0.3) is 0 Å². The molecule has 0 rings (SSSR count). The highest BCUT2D eigenvalue weighted by Crippen LogP contribution is 2.07. The molecule has 0 aromatic carbocycles. The average Bonchev–Trinajstić information content (AvgIpc) is 1.81. The van der Waals surface area contributed by atoms with Crippen LogP contribution in [0, 0.1) is 0 Å². The Balaban J connectivity index is 3.88. The Kier molecular flexibility index (Phi) is 3.79. The lowest BCUT2D eigenvalue weighted by Crippen LogP contribution is -2.24. The van der Waals surface area contributed by atoms with Crippen molar-refractivity contribution in [2.45, 2.75) is 26.4 Å². The van der Waals surface area contributed by atoms with E-state index in [1.165, 1.54) is 0 Å². The highest BCUT2D eigenvalue weighted by molar-refractivity contribution is 7.81. The molecule has 0 heterocycles. The van der Waals surface area contributed by atoms with E-state index < -0.39 is 0 Å². The lowest BCUT2D eigenvalue weighted by Gasteiger charge is -2.21. The van der Waals surface area contributed by atoms with Crippen LogP contribution < -0.4 is 0 Å². The number of hydrogen-bond donors (Lipinski definition) is 1. The number of aliphatic imine (C=N–C) groups is 1. The van der Waals surface area contributed by atoms with Gasteiger partial charge in [-0.2, -0.15) is 12.6 Å². The van der Waals surface area contributed by atoms with Gasteiger partial charge < -0.3 is 4.74 Å². The number of hydrogen-bond acceptors (Lipinski definition) is 3. The van der Waals surface area contributed by atoms with E-state index in [0.717, 1.165) is 0 Å². The second kappa shape index (κ2) is 3.86. The van der Waals surface area contributed by atoms with E-state index >= 15 is 0 Å². The second-order valence-corrected chi connectivity index (χ2v) is 3.31. The molecule has 0 amide bonds. The Morgan fingerprint density at radius 2 is 2.00 bits per heavy atom. The van der Waals surface area contributed by atoms with Crippen molar-refractivity contribution in [3.63, 3.8) is 0 Å². The number of thiol groups is 1. The first kappa shape index (κ1) is 9.82. The van der Waals surface area contributed by atoms with Gasteiger partial charge in [-0.25, -0.2) is 0 Å². The van der Waals surface area contributed by atoms with Gasteiger partial charge in [0.05, 0.1) is 5.75 Å². The third-order valence-corrected chi connectivity index (χ3v) is 1.08. The quantitative estimate of drug-likeness (QED) is 0.353. The summed E-state index contributed by atoms with van der Waals surface area (Å²) in [7, 11) is 1.71. The summed E-state index contributed by atoms with van der Waals surface area (Å²) in [4.78, 5) is 3.91. The topological polar surface area (TPSA) is 21.6 Å². The van der Waals surface area contributed by atoms with Crippen LogP contribution in [-0.4, -0.2) is 24.3 Å². The lowest BCUT2D eigenvalue weighted by molar-refractivity contribution is 0.116. The maximum atomic E-state index is 5.41. The molecule has 0 aliphatic carbocycles. The van der Waals surface area contributed by atoms with Crippen molar-refractivity contribution >= 4 is 18.5 Å². The summed E-state index contributed by atoms with van der Waals surface area (Å²) in [5.74, 6) is 1.25. The molecule has 0 atom stereocenters. The molecule has 0 fully saturated rings. The molecule has 0 aliphatic heterocycles. The minimum atomic E-state index is -0.155. The van der Waals surface area contributed by atoms with Gasteiger partial charge in [0.15, 0.2) is 5.90 Å². The Morgan fingerprint density at radius 3 is 2.10 bits per heavy atom. The molecule has 2 nitrogen and oxygen atoms in total. The molecule has 0 bridgehead atoms. The summed E-state index contributed by atoms with van der Waals surface area (Å²) in [6.45, 7) is 5.96. The van der Waals surface area contributed by atoms with Crippen LogP contribution in [0.1, 0.15) is 20.8 Å². The standard InChI is InChI=1S/C7H15NOS/c1-7(2,3)9-6(5-10)8-4/h10H,5H2,1-4H3/b8-6+. The summed E-state index contributed by atoms with van der Waals surface area (Å²) in [5.41, 5.74) is -0.155. The Morgan fingerprint density at radius 1 is 1.50 bits per heavy atom. The van der Waals surface area contributed by atoms with E-state index in [-0.39, 0.29) is 5.60 Å². The summed E-state index contributed by atoms with van der Waals surface area (Å²) in [5, 5.41) is 0. The first-order chi connectivity index (χ1) is 4.49. The third kappa shape index (κ3) is 4.68. The van der Waals surface area contributed by atoms with Gasteiger partial charge in [-0.1, -0.05) is 0 Å². The normalized spacial score (nSPS) is 13.5. The monoisotopic (exact) mass is 161 g/mol.